The number of hydrogen-bond donors (Lipinski definition) is 0. The lowest BCUT2D eigenvalue weighted by Crippen LogP contribution is -2.32. The van der Waals surface area contributed by atoms with Crippen molar-refractivity contribution in [3.05, 3.63) is 0 Å². The van der Waals surface area contributed by atoms with E-state index < -0.39 is 17.8 Å². The molecule has 0 saturated carbocycles. The molecule has 0 spiro atoms. The molecular weight excluding hydrogens is 262 g/mol. The molecule has 2 amide bonds. The Bertz CT molecular complexity index is 362. The topological polar surface area (TPSA) is 72.9 Å². The van der Waals surface area contributed by atoms with Crippen LogP contribution in [0.1, 0.15) is 59.3 Å². The van der Waals surface area contributed by atoms with Crippen LogP contribution >= 0.6 is 0 Å². The minimum Gasteiger partial charge on any atom is -0.376 e. The average Bonchev–Trinajstić information content (AvgIpc) is 2.66. The first-order valence-corrected chi connectivity index (χ1v) is 7.06. The number of imide groups is 1. The predicted octanol–water partition coefficient (Wildman–Crippen LogP) is 1.97. The van der Waals surface area contributed by atoms with E-state index in [1.165, 1.54) is 0 Å². The molecule has 0 radical (unpaired) electrons. The van der Waals surface area contributed by atoms with Crippen LogP contribution in [0.4, 0.5) is 0 Å². The van der Waals surface area contributed by atoms with Gasteiger partial charge >= 0.3 is 5.97 Å². The minimum atomic E-state index is -0.539. The number of nitrogens with zero attached hydrogens (tertiary/aromatic N) is 1. The second-order valence-electron chi connectivity index (χ2n) is 5.44. The van der Waals surface area contributed by atoms with E-state index in [0.29, 0.717) is 18.1 Å². The SMILES string of the molecule is CCOC(C)(C)CCCCC(=O)ON1C(=O)CCC1=O. The summed E-state index contributed by atoms with van der Waals surface area (Å²) >= 11 is 0. The van der Waals surface area contributed by atoms with Gasteiger partial charge in [0.2, 0.25) is 0 Å². The molecule has 0 aromatic rings. The van der Waals surface area contributed by atoms with Gasteiger partial charge in [-0.2, -0.15) is 0 Å². The lowest BCUT2D eigenvalue weighted by Gasteiger charge is -2.24. The molecule has 1 aliphatic heterocycles. The van der Waals surface area contributed by atoms with Gasteiger partial charge in [-0.15, -0.1) is 5.06 Å². The van der Waals surface area contributed by atoms with Gasteiger partial charge in [0, 0.05) is 25.9 Å². The smallest absolute Gasteiger partial charge is 0.333 e. The molecule has 20 heavy (non-hydrogen) atoms. The molecule has 6 heteroatoms. The molecule has 114 valence electrons. The highest BCUT2D eigenvalue weighted by Gasteiger charge is 2.32. The van der Waals surface area contributed by atoms with E-state index in [9.17, 15) is 14.4 Å². The van der Waals surface area contributed by atoms with Crippen molar-refractivity contribution in [1.82, 2.24) is 5.06 Å². The van der Waals surface area contributed by atoms with Crippen molar-refractivity contribution in [2.45, 2.75) is 64.9 Å². The molecule has 0 aromatic heterocycles. The maximum atomic E-state index is 11.5. The van der Waals surface area contributed by atoms with E-state index in [0.717, 1.165) is 12.8 Å². The highest BCUT2D eigenvalue weighted by molar-refractivity contribution is 6.01. The van der Waals surface area contributed by atoms with Gasteiger partial charge in [-0.05, 0) is 33.6 Å². The lowest BCUT2D eigenvalue weighted by molar-refractivity contribution is -0.197. The lowest BCUT2D eigenvalue weighted by atomic mass is 10.0. The van der Waals surface area contributed by atoms with E-state index >= 15 is 0 Å². The van der Waals surface area contributed by atoms with Crippen LogP contribution in [-0.2, 0) is 24.0 Å². The number of carbonyl (C=O) groups is 3. The largest absolute Gasteiger partial charge is 0.376 e. The van der Waals surface area contributed by atoms with Gasteiger partial charge in [-0.25, -0.2) is 4.79 Å². The molecule has 0 N–H and O–H groups in total. The maximum absolute atomic E-state index is 11.5. The van der Waals surface area contributed by atoms with Crippen molar-refractivity contribution >= 4 is 17.8 Å². The number of unbranched alkanes of at least 4 members (excludes halogenated alkanes) is 1. The molecule has 1 saturated heterocycles. The number of hydroxylamine groups is 2. The Labute approximate surface area is 119 Å². The summed E-state index contributed by atoms with van der Waals surface area (Å²) < 4.78 is 5.56. The van der Waals surface area contributed by atoms with Crippen molar-refractivity contribution in [2.24, 2.45) is 0 Å². The number of ether oxygens (including phenoxy) is 1. The molecule has 0 bridgehead atoms. The summed E-state index contributed by atoms with van der Waals surface area (Å²) in [4.78, 5) is 38.9. The summed E-state index contributed by atoms with van der Waals surface area (Å²) in [6.07, 6.45) is 2.74. The maximum Gasteiger partial charge on any atom is 0.333 e. The van der Waals surface area contributed by atoms with Crippen LogP contribution in [0.15, 0.2) is 0 Å². The summed E-state index contributed by atoms with van der Waals surface area (Å²) in [5.74, 6) is -1.43. The Morgan fingerprint density at radius 1 is 1.20 bits per heavy atom. The zero-order valence-corrected chi connectivity index (χ0v) is 12.4. The summed E-state index contributed by atoms with van der Waals surface area (Å²) in [6.45, 7) is 6.63. The van der Waals surface area contributed by atoms with Crippen LogP contribution in [0, 0.1) is 0 Å². The van der Waals surface area contributed by atoms with Gasteiger partial charge in [0.05, 0.1) is 5.60 Å². The molecule has 0 unspecified atom stereocenters. The first kappa shape index (κ1) is 16.6. The highest BCUT2D eigenvalue weighted by atomic mass is 16.7. The Morgan fingerprint density at radius 2 is 1.80 bits per heavy atom. The van der Waals surface area contributed by atoms with Crippen LogP contribution in [0.5, 0.6) is 0 Å². The van der Waals surface area contributed by atoms with Crippen molar-refractivity contribution in [3.8, 4) is 0 Å². The van der Waals surface area contributed by atoms with Gasteiger partial charge in [0.1, 0.15) is 0 Å². The standard InChI is InChI=1S/C14H23NO5/c1-4-19-14(2,3)10-6-5-7-13(18)20-15-11(16)8-9-12(15)17/h4-10H2,1-3H3. The fraction of sp³-hybridized carbons (Fsp3) is 0.786. The molecule has 1 heterocycles. The van der Waals surface area contributed by atoms with Gasteiger partial charge in [0.25, 0.3) is 11.8 Å². The molecule has 6 nitrogen and oxygen atoms in total. The van der Waals surface area contributed by atoms with Crippen LogP contribution in [0.25, 0.3) is 0 Å². The molecule has 0 aliphatic carbocycles. The number of hydrogen-bond acceptors (Lipinski definition) is 5. The number of amides is 2. The van der Waals surface area contributed by atoms with Gasteiger partial charge in [0.15, 0.2) is 0 Å². The summed E-state index contributed by atoms with van der Waals surface area (Å²) in [5, 5.41) is 0.590. The van der Waals surface area contributed by atoms with Gasteiger partial charge < -0.3 is 9.57 Å². The monoisotopic (exact) mass is 285 g/mol. The Kier molecular flexibility index (Phi) is 6.13. The van der Waals surface area contributed by atoms with Crippen LogP contribution in [0.2, 0.25) is 0 Å². The average molecular weight is 285 g/mol. The third-order valence-corrected chi connectivity index (χ3v) is 3.14. The van der Waals surface area contributed by atoms with Gasteiger partial charge in [-0.3, -0.25) is 9.59 Å². The minimum absolute atomic E-state index is 0.120. The summed E-state index contributed by atoms with van der Waals surface area (Å²) in [5.41, 5.74) is -0.195. The van der Waals surface area contributed by atoms with Crippen LogP contribution in [-0.4, -0.2) is 35.1 Å². The Balaban J connectivity index is 2.21. The zero-order valence-electron chi connectivity index (χ0n) is 12.4. The second kappa shape index (κ2) is 7.38. The van der Waals surface area contributed by atoms with E-state index in [2.05, 4.69) is 0 Å². The van der Waals surface area contributed by atoms with Crippen LogP contribution in [0.3, 0.4) is 0 Å². The highest BCUT2D eigenvalue weighted by Crippen LogP contribution is 2.19. The van der Waals surface area contributed by atoms with E-state index in [1.54, 1.807) is 0 Å². The summed E-state index contributed by atoms with van der Waals surface area (Å²) in [7, 11) is 0. The van der Waals surface area contributed by atoms with E-state index in [1.807, 2.05) is 20.8 Å². The van der Waals surface area contributed by atoms with E-state index in [4.69, 9.17) is 9.57 Å². The molecule has 1 aliphatic rings. The Morgan fingerprint density at radius 3 is 2.35 bits per heavy atom. The van der Waals surface area contributed by atoms with Crippen molar-refractivity contribution in [3.63, 3.8) is 0 Å². The quantitative estimate of drug-likeness (QED) is 0.503. The number of carbonyl (C=O) groups excluding carboxylic acids is 3. The van der Waals surface area contributed by atoms with Crippen molar-refractivity contribution < 1.29 is 24.0 Å². The third kappa shape index (κ3) is 5.28. The fourth-order valence-corrected chi connectivity index (χ4v) is 2.09. The normalized spacial score (nSPS) is 15.8. The van der Waals surface area contributed by atoms with E-state index in [-0.39, 0.29) is 24.9 Å². The molecule has 0 atom stereocenters. The Hall–Kier alpha value is -1.43. The summed E-state index contributed by atoms with van der Waals surface area (Å²) in [6, 6.07) is 0. The second-order valence-corrected chi connectivity index (χ2v) is 5.44. The molecule has 0 aromatic carbocycles. The first-order valence-electron chi connectivity index (χ1n) is 7.06. The third-order valence-electron chi connectivity index (χ3n) is 3.14. The van der Waals surface area contributed by atoms with Crippen molar-refractivity contribution in [1.29, 1.82) is 0 Å². The first-order chi connectivity index (χ1) is 9.35. The van der Waals surface area contributed by atoms with Gasteiger partial charge in [-0.1, -0.05) is 6.42 Å². The van der Waals surface area contributed by atoms with Crippen LogP contribution < -0.4 is 0 Å². The fourth-order valence-electron chi connectivity index (χ4n) is 2.09. The molecular formula is C14H23NO5. The molecule has 1 fully saturated rings. The zero-order chi connectivity index (χ0) is 15.2. The number of rotatable bonds is 8. The predicted molar refractivity (Wildman–Crippen MR) is 71.4 cm³/mol. The molecule has 1 rings (SSSR count). The van der Waals surface area contributed by atoms with Crippen molar-refractivity contribution in [2.75, 3.05) is 6.61 Å².